The maximum Gasteiger partial charge on any atom is 0.227 e. The van der Waals surface area contributed by atoms with E-state index in [1.165, 1.54) is 0 Å². The fraction of sp³-hybridized carbons (Fsp3) is 0.500. The van der Waals surface area contributed by atoms with Crippen LogP contribution in [0.1, 0.15) is 19.4 Å². The third-order valence-electron chi connectivity index (χ3n) is 3.54. The maximum atomic E-state index is 12.3. The Hall–Kier alpha value is -1.16. The van der Waals surface area contributed by atoms with Crippen molar-refractivity contribution in [1.82, 2.24) is 4.90 Å². The van der Waals surface area contributed by atoms with Crippen LogP contribution in [0, 0.1) is 0 Å². The molecule has 2 rings (SSSR count). The summed E-state index contributed by atoms with van der Waals surface area (Å²) in [5.74, 6) is 1.31. The molecule has 0 saturated carbocycles. The molecule has 18 heavy (non-hydrogen) atoms. The summed E-state index contributed by atoms with van der Waals surface area (Å²) in [5.41, 5.74) is 0.709. The van der Waals surface area contributed by atoms with Crippen LogP contribution in [0.3, 0.4) is 0 Å². The van der Waals surface area contributed by atoms with Gasteiger partial charge in [-0.3, -0.25) is 4.79 Å². The predicted octanol–water partition coefficient (Wildman–Crippen LogP) is 2.29. The van der Waals surface area contributed by atoms with E-state index in [4.69, 9.17) is 0 Å². The highest BCUT2D eigenvalue weighted by molar-refractivity contribution is 8.00. The summed E-state index contributed by atoms with van der Waals surface area (Å²) >= 11 is 1.91. The number of amides is 1. The van der Waals surface area contributed by atoms with Gasteiger partial charge in [0, 0.05) is 29.2 Å². The van der Waals surface area contributed by atoms with Crippen LogP contribution in [0.5, 0.6) is 5.75 Å². The summed E-state index contributed by atoms with van der Waals surface area (Å²) in [4.78, 5) is 14.2. The Bertz CT molecular complexity index is 436. The highest BCUT2D eigenvalue weighted by Gasteiger charge is 2.28. The summed E-state index contributed by atoms with van der Waals surface area (Å²) in [7, 11) is 0. The summed E-state index contributed by atoms with van der Waals surface area (Å²) in [6.07, 6.45) is 0.286. The van der Waals surface area contributed by atoms with Crippen molar-refractivity contribution in [1.29, 1.82) is 0 Å². The molecule has 1 heterocycles. The molecule has 0 aliphatic carbocycles. The second-order valence-electron chi connectivity index (χ2n) is 4.71. The molecule has 3 nitrogen and oxygen atoms in total. The van der Waals surface area contributed by atoms with Crippen molar-refractivity contribution in [2.24, 2.45) is 0 Å². The Morgan fingerprint density at radius 3 is 2.89 bits per heavy atom. The normalized spacial score (nSPS) is 24.0. The van der Waals surface area contributed by atoms with E-state index in [0.29, 0.717) is 10.8 Å². The van der Waals surface area contributed by atoms with Crippen molar-refractivity contribution in [2.45, 2.75) is 31.6 Å². The van der Waals surface area contributed by atoms with Crippen molar-refractivity contribution in [3.05, 3.63) is 29.8 Å². The van der Waals surface area contributed by atoms with Gasteiger partial charge in [-0.05, 0) is 13.0 Å². The molecule has 1 aliphatic heterocycles. The van der Waals surface area contributed by atoms with E-state index in [2.05, 4.69) is 13.8 Å². The molecule has 1 fully saturated rings. The molecular weight excluding hydrogens is 246 g/mol. The van der Waals surface area contributed by atoms with Gasteiger partial charge in [0.1, 0.15) is 5.75 Å². The quantitative estimate of drug-likeness (QED) is 0.892. The number of rotatable bonds is 2. The zero-order valence-corrected chi connectivity index (χ0v) is 11.6. The number of nitrogens with zero attached hydrogens (tertiary/aromatic N) is 1. The Balaban J connectivity index is 2.06. The molecule has 0 aromatic heterocycles. The Kier molecular flexibility index (Phi) is 4.17. The molecule has 2 unspecified atom stereocenters. The van der Waals surface area contributed by atoms with Crippen LogP contribution in [0.15, 0.2) is 24.3 Å². The van der Waals surface area contributed by atoms with E-state index in [1.54, 1.807) is 18.2 Å². The van der Waals surface area contributed by atoms with Crippen LogP contribution >= 0.6 is 11.8 Å². The van der Waals surface area contributed by atoms with Gasteiger partial charge in [-0.25, -0.2) is 0 Å². The molecule has 1 aliphatic rings. The third kappa shape index (κ3) is 2.80. The lowest BCUT2D eigenvalue weighted by molar-refractivity contribution is -0.132. The van der Waals surface area contributed by atoms with E-state index in [1.807, 2.05) is 22.7 Å². The molecule has 1 amide bonds. The zero-order chi connectivity index (χ0) is 13.1. The number of aromatic hydroxyl groups is 1. The summed E-state index contributed by atoms with van der Waals surface area (Å²) in [6, 6.07) is 7.31. The molecule has 1 aromatic rings. The number of benzene rings is 1. The van der Waals surface area contributed by atoms with E-state index >= 15 is 0 Å². The Morgan fingerprint density at radius 1 is 1.44 bits per heavy atom. The topological polar surface area (TPSA) is 40.5 Å². The van der Waals surface area contributed by atoms with Crippen molar-refractivity contribution in [2.75, 3.05) is 12.3 Å². The number of phenolic OH excluding ortho intramolecular Hbond substituents is 1. The first-order chi connectivity index (χ1) is 8.59. The minimum atomic E-state index is 0.108. The molecule has 2 atom stereocenters. The average molecular weight is 265 g/mol. The summed E-state index contributed by atoms with van der Waals surface area (Å²) < 4.78 is 0. The number of thioether (sulfide) groups is 1. The predicted molar refractivity (Wildman–Crippen MR) is 74.9 cm³/mol. The highest BCUT2D eigenvalue weighted by Crippen LogP contribution is 2.25. The van der Waals surface area contributed by atoms with Gasteiger partial charge in [0.15, 0.2) is 0 Å². The van der Waals surface area contributed by atoms with Crippen molar-refractivity contribution >= 4 is 17.7 Å². The van der Waals surface area contributed by atoms with Gasteiger partial charge in [-0.2, -0.15) is 11.8 Å². The number of hydrogen-bond acceptors (Lipinski definition) is 3. The van der Waals surface area contributed by atoms with Crippen LogP contribution in [-0.2, 0) is 11.2 Å². The lowest BCUT2D eigenvalue weighted by Gasteiger charge is -2.37. The van der Waals surface area contributed by atoms with Crippen LogP contribution < -0.4 is 0 Å². The molecule has 1 aromatic carbocycles. The van der Waals surface area contributed by atoms with Crippen LogP contribution in [-0.4, -0.2) is 39.5 Å². The number of para-hydroxylation sites is 1. The fourth-order valence-corrected chi connectivity index (χ4v) is 3.31. The van der Waals surface area contributed by atoms with Crippen molar-refractivity contribution < 1.29 is 9.90 Å². The first-order valence-electron chi connectivity index (χ1n) is 6.27. The van der Waals surface area contributed by atoms with Crippen LogP contribution in [0.4, 0.5) is 0 Å². The molecule has 1 saturated heterocycles. The largest absolute Gasteiger partial charge is 0.508 e. The van der Waals surface area contributed by atoms with E-state index in [-0.39, 0.29) is 24.1 Å². The SMILES string of the molecule is CC1SCCN(C(=O)Cc2ccccc2O)C1C. The standard InChI is InChI=1S/C14H19NO2S/c1-10-11(2)18-8-7-15(10)14(17)9-12-5-3-4-6-13(12)16/h3-6,10-11,16H,7-9H2,1-2H3. The number of hydrogen-bond donors (Lipinski definition) is 1. The second kappa shape index (κ2) is 5.65. The first-order valence-corrected chi connectivity index (χ1v) is 7.32. The van der Waals surface area contributed by atoms with E-state index in [0.717, 1.165) is 12.3 Å². The number of phenols is 1. The lowest BCUT2D eigenvalue weighted by Crippen LogP contribution is -2.48. The highest BCUT2D eigenvalue weighted by atomic mass is 32.2. The first kappa shape index (κ1) is 13.3. The van der Waals surface area contributed by atoms with Gasteiger partial charge in [-0.1, -0.05) is 25.1 Å². The van der Waals surface area contributed by atoms with Gasteiger partial charge in [0.25, 0.3) is 0 Å². The lowest BCUT2D eigenvalue weighted by atomic mass is 10.1. The van der Waals surface area contributed by atoms with Crippen molar-refractivity contribution in [3.8, 4) is 5.75 Å². The van der Waals surface area contributed by atoms with E-state index < -0.39 is 0 Å². The molecular formula is C14H19NO2S. The van der Waals surface area contributed by atoms with Crippen molar-refractivity contribution in [3.63, 3.8) is 0 Å². The minimum Gasteiger partial charge on any atom is -0.508 e. The monoisotopic (exact) mass is 265 g/mol. The Morgan fingerprint density at radius 2 is 2.17 bits per heavy atom. The minimum absolute atomic E-state index is 0.108. The second-order valence-corrected chi connectivity index (χ2v) is 6.19. The average Bonchev–Trinajstić information content (AvgIpc) is 2.35. The van der Waals surface area contributed by atoms with Crippen LogP contribution in [0.2, 0.25) is 0 Å². The number of carbonyl (C=O) groups is 1. The molecule has 4 heteroatoms. The smallest absolute Gasteiger partial charge is 0.227 e. The molecule has 98 valence electrons. The summed E-state index contributed by atoms with van der Waals surface area (Å²) in [6.45, 7) is 5.07. The number of carbonyl (C=O) groups excluding carboxylic acids is 1. The molecule has 0 spiro atoms. The van der Waals surface area contributed by atoms with Gasteiger partial charge in [-0.15, -0.1) is 0 Å². The van der Waals surface area contributed by atoms with Gasteiger partial charge in [0.2, 0.25) is 5.91 Å². The van der Waals surface area contributed by atoms with Crippen LogP contribution in [0.25, 0.3) is 0 Å². The maximum absolute atomic E-state index is 12.3. The van der Waals surface area contributed by atoms with Gasteiger partial charge < -0.3 is 10.0 Å². The molecule has 0 radical (unpaired) electrons. The van der Waals surface area contributed by atoms with Gasteiger partial charge >= 0.3 is 0 Å². The fourth-order valence-electron chi connectivity index (χ4n) is 2.21. The molecule has 0 bridgehead atoms. The van der Waals surface area contributed by atoms with E-state index in [9.17, 15) is 9.90 Å². The zero-order valence-electron chi connectivity index (χ0n) is 10.8. The van der Waals surface area contributed by atoms with Gasteiger partial charge in [0.05, 0.1) is 6.42 Å². The summed E-state index contributed by atoms with van der Waals surface area (Å²) in [5, 5.41) is 10.2. The molecule has 1 N–H and O–H groups in total. The third-order valence-corrected chi connectivity index (χ3v) is 4.88. The Labute approximate surface area is 112 Å².